The van der Waals surface area contributed by atoms with Gasteiger partial charge in [0.15, 0.2) is 10.9 Å². The molecule has 1 amide bonds. The van der Waals surface area contributed by atoms with E-state index in [1.165, 1.54) is 29.7 Å². The van der Waals surface area contributed by atoms with Crippen molar-refractivity contribution in [3.8, 4) is 11.3 Å². The molecule has 2 aromatic heterocycles. The Kier molecular flexibility index (Phi) is 5.30. The van der Waals surface area contributed by atoms with Crippen LogP contribution in [0.2, 0.25) is 0 Å². The molecule has 0 bridgehead atoms. The molecule has 4 nitrogen and oxygen atoms in total. The fourth-order valence-electron chi connectivity index (χ4n) is 2.84. The topological polar surface area (TPSA) is 46.3 Å². The van der Waals surface area contributed by atoms with E-state index in [0.29, 0.717) is 23.8 Å². The van der Waals surface area contributed by atoms with Crippen LogP contribution in [-0.4, -0.2) is 17.4 Å². The van der Waals surface area contributed by atoms with Gasteiger partial charge in [0, 0.05) is 17.5 Å². The van der Waals surface area contributed by atoms with Crippen LogP contribution >= 0.6 is 11.3 Å². The Balaban J connectivity index is 1.61. The molecule has 0 saturated heterocycles. The van der Waals surface area contributed by atoms with Crippen LogP contribution in [0.4, 0.5) is 9.52 Å². The summed E-state index contributed by atoms with van der Waals surface area (Å²) in [6.45, 7) is 0.472. The summed E-state index contributed by atoms with van der Waals surface area (Å²) in [4.78, 5) is 19.2. The zero-order valence-electron chi connectivity index (χ0n) is 14.9. The molecule has 2 aromatic carbocycles. The normalized spacial score (nSPS) is 10.8. The van der Waals surface area contributed by atoms with Gasteiger partial charge < -0.3 is 4.42 Å². The van der Waals surface area contributed by atoms with Crippen LogP contribution in [0.1, 0.15) is 16.1 Å². The van der Waals surface area contributed by atoms with Crippen molar-refractivity contribution in [1.82, 2.24) is 4.98 Å². The number of anilines is 1. The zero-order valence-corrected chi connectivity index (χ0v) is 15.7. The first-order valence-electron chi connectivity index (χ1n) is 8.81. The maximum Gasteiger partial charge on any atom is 0.295 e. The molecule has 0 aliphatic rings. The van der Waals surface area contributed by atoms with Crippen LogP contribution in [0.25, 0.3) is 11.3 Å². The molecule has 0 atom stereocenters. The molecule has 6 heteroatoms. The van der Waals surface area contributed by atoms with Crippen LogP contribution in [0.3, 0.4) is 0 Å². The van der Waals surface area contributed by atoms with Crippen molar-refractivity contribution >= 4 is 22.4 Å². The second-order valence-electron chi connectivity index (χ2n) is 6.19. The molecule has 0 aliphatic heterocycles. The number of carbonyl (C=O) groups is 1. The number of carbonyl (C=O) groups excluding carboxylic acids is 1. The van der Waals surface area contributed by atoms with Crippen LogP contribution in [0.5, 0.6) is 0 Å². The number of aromatic nitrogens is 1. The Morgan fingerprint density at radius 1 is 1.04 bits per heavy atom. The molecule has 0 radical (unpaired) electrons. The van der Waals surface area contributed by atoms with Gasteiger partial charge >= 0.3 is 0 Å². The van der Waals surface area contributed by atoms with E-state index in [1.807, 2.05) is 35.7 Å². The Morgan fingerprint density at radius 2 is 1.82 bits per heavy atom. The highest BCUT2D eigenvalue weighted by atomic mass is 32.1. The number of thiazole rings is 1. The lowest BCUT2D eigenvalue weighted by Gasteiger charge is -2.18. The summed E-state index contributed by atoms with van der Waals surface area (Å²) in [5.41, 5.74) is 2.64. The minimum absolute atomic E-state index is 0.235. The number of rotatable bonds is 6. The first-order valence-corrected chi connectivity index (χ1v) is 9.69. The summed E-state index contributed by atoms with van der Waals surface area (Å²) in [6, 6.07) is 19.5. The largest absolute Gasteiger partial charge is 0.459 e. The third-order valence-electron chi connectivity index (χ3n) is 4.31. The zero-order chi connectivity index (χ0) is 19.3. The Hall–Kier alpha value is -3.25. The van der Waals surface area contributed by atoms with E-state index in [4.69, 9.17) is 4.42 Å². The van der Waals surface area contributed by atoms with Gasteiger partial charge in [-0.15, -0.1) is 11.3 Å². The summed E-state index contributed by atoms with van der Waals surface area (Å²) in [7, 11) is 0. The first-order chi connectivity index (χ1) is 13.7. The standard InChI is InChI=1S/C22H17FN2O2S/c23-18-10-8-17(9-11-18)19-15-28-22(24-19)25(21(26)20-7-4-14-27-20)13-12-16-5-2-1-3-6-16/h1-11,14-15H,12-13H2. The van der Waals surface area contributed by atoms with Gasteiger partial charge in [0.1, 0.15) is 5.82 Å². The second-order valence-corrected chi connectivity index (χ2v) is 7.03. The van der Waals surface area contributed by atoms with Crippen molar-refractivity contribution in [2.24, 2.45) is 0 Å². The fourth-order valence-corrected chi connectivity index (χ4v) is 3.70. The maximum atomic E-state index is 13.2. The van der Waals surface area contributed by atoms with Crippen LogP contribution in [-0.2, 0) is 6.42 Å². The summed E-state index contributed by atoms with van der Waals surface area (Å²) in [5, 5.41) is 2.45. The van der Waals surface area contributed by atoms with E-state index >= 15 is 0 Å². The summed E-state index contributed by atoms with van der Waals surface area (Å²) in [5.74, 6) is -0.260. The third kappa shape index (κ3) is 4.02. The monoisotopic (exact) mass is 392 g/mol. The highest BCUT2D eigenvalue weighted by Crippen LogP contribution is 2.29. The average Bonchev–Trinajstić information content (AvgIpc) is 3.42. The van der Waals surface area contributed by atoms with Crippen molar-refractivity contribution < 1.29 is 13.6 Å². The van der Waals surface area contributed by atoms with Crippen molar-refractivity contribution in [2.75, 3.05) is 11.4 Å². The van der Waals surface area contributed by atoms with Gasteiger partial charge in [-0.1, -0.05) is 30.3 Å². The number of amides is 1. The molecule has 0 saturated carbocycles. The number of hydrogen-bond donors (Lipinski definition) is 0. The quantitative estimate of drug-likeness (QED) is 0.439. The Bertz CT molecular complexity index is 1040. The van der Waals surface area contributed by atoms with E-state index in [-0.39, 0.29) is 17.5 Å². The summed E-state index contributed by atoms with van der Waals surface area (Å²) in [6.07, 6.45) is 2.17. The minimum atomic E-state index is -0.295. The van der Waals surface area contributed by atoms with Crippen molar-refractivity contribution in [1.29, 1.82) is 0 Å². The fraction of sp³-hybridized carbons (Fsp3) is 0.0909. The third-order valence-corrected chi connectivity index (χ3v) is 5.17. The number of benzene rings is 2. The van der Waals surface area contributed by atoms with E-state index in [9.17, 15) is 9.18 Å². The maximum absolute atomic E-state index is 13.2. The molecule has 0 unspecified atom stereocenters. The smallest absolute Gasteiger partial charge is 0.295 e. The van der Waals surface area contributed by atoms with Crippen molar-refractivity contribution in [3.63, 3.8) is 0 Å². The van der Waals surface area contributed by atoms with Gasteiger partial charge in [-0.25, -0.2) is 9.37 Å². The van der Waals surface area contributed by atoms with Crippen molar-refractivity contribution in [3.05, 3.63) is 95.5 Å². The number of nitrogens with zero attached hydrogens (tertiary/aromatic N) is 2. The SMILES string of the molecule is O=C(c1ccco1)N(CCc1ccccc1)c1nc(-c2ccc(F)cc2)cs1. The lowest BCUT2D eigenvalue weighted by atomic mass is 10.1. The molecule has 0 spiro atoms. The van der Waals surface area contributed by atoms with E-state index in [0.717, 1.165) is 11.1 Å². The van der Waals surface area contributed by atoms with Crippen molar-refractivity contribution in [2.45, 2.75) is 6.42 Å². The molecule has 0 aliphatic carbocycles. The van der Waals surface area contributed by atoms with Crippen LogP contribution in [0, 0.1) is 5.82 Å². The number of hydrogen-bond acceptors (Lipinski definition) is 4. The van der Waals surface area contributed by atoms with Crippen LogP contribution < -0.4 is 4.90 Å². The summed E-state index contributed by atoms with van der Waals surface area (Å²) < 4.78 is 18.5. The van der Waals surface area contributed by atoms with E-state index in [2.05, 4.69) is 4.98 Å². The predicted octanol–water partition coefficient (Wildman–Crippen LogP) is 5.43. The average molecular weight is 392 g/mol. The first kappa shape index (κ1) is 18.1. The molecule has 0 fully saturated rings. The molecule has 4 rings (SSSR count). The van der Waals surface area contributed by atoms with Gasteiger partial charge in [-0.2, -0.15) is 0 Å². The van der Waals surface area contributed by atoms with Gasteiger partial charge in [0.25, 0.3) is 5.91 Å². The second kappa shape index (κ2) is 8.19. The van der Waals surface area contributed by atoms with Gasteiger partial charge in [0.05, 0.1) is 12.0 Å². The lowest BCUT2D eigenvalue weighted by molar-refractivity contribution is 0.0960. The summed E-state index contributed by atoms with van der Waals surface area (Å²) >= 11 is 1.38. The minimum Gasteiger partial charge on any atom is -0.459 e. The molecule has 0 N–H and O–H groups in total. The Labute approximate surface area is 165 Å². The molecule has 140 valence electrons. The predicted molar refractivity (Wildman–Crippen MR) is 108 cm³/mol. The molecule has 2 heterocycles. The molecule has 4 aromatic rings. The van der Waals surface area contributed by atoms with Gasteiger partial charge in [-0.05, 0) is 48.4 Å². The van der Waals surface area contributed by atoms with E-state index < -0.39 is 0 Å². The molecular formula is C22H17FN2O2S. The highest BCUT2D eigenvalue weighted by molar-refractivity contribution is 7.14. The molecule has 28 heavy (non-hydrogen) atoms. The lowest BCUT2D eigenvalue weighted by Crippen LogP contribution is -2.32. The molecular weight excluding hydrogens is 375 g/mol. The highest BCUT2D eigenvalue weighted by Gasteiger charge is 2.23. The van der Waals surface area contributed by atoms with Crippen LogP contribution in [0.15, 0.2) is 82.8 Å². The number of halogens is 1. The number of furan rings is 1. The van der Waals surface area contributed by atoms with Gasteiger partial charge in [0.2, 0.25) is 0 Å². The Morgan fingerprint density at radius 3 is 2.54 bits per heavy atom. The van der Waals surface area contributed by atoms with Gasteiger partial charge in [-0.3, -0.25) is 9.69 Å². The van der Waals surface area contributed by atoms with E-state index in [1.54, 1.807) is 29.2 Å².